The van der Waals surface area contributed by atoms with Gasteiger partial charge in [-0.15, -0.1) is 0 Å². The first-order valence-corrected chi connectivity index (χ1v) is 9.52. The molecule has 0 bridgehead atoms. The molecule has 0 radical (unpaired) electrons. The molecule has 0 aliphatic rings. The summed E-state index contributed by atoms with van der Waals surface area (Å²) >= 11 is 0. The van der Waals surface area contributed by atoms with E-state index in [0.29, 0.717) is 6.61 Å². The van der Waals surface area contributed by atoms with Crippen LogP contribution >= 0.6 is 0 Å². The molecule has 1 atom stereocenters. The highest BCUT2D eigenvalue weighted by atomic mass is 19.1. The number of rotatable bonds is 10. The first kappa shape index (κ1) is 20.1. The number of nitrogens with one attached hydrogen (secondary N) is 1. The zero-order valence-corrected chi connectivity index (χ0v) is 16.5. The summed E-state index contributed by atoms with van der Waals surface area (Å²) in [5.74, 6) is 0.674. The normalized spacial score (nSPS) is 12.1. The lowest BCUT2D eigenvalue weighted by Crippen LogP contribution is -3.10. The van der Waals surface area contributed by atoms with Crippen molar-refractivity contribution in [1.29, 1.82) is 0 Å². The van der Waals surface area contributed by atoms with Gasteiger partial charge in [0.1, 0.15) is 31.2 Å². The molecule has 0 saturated heterocycles. The SMILES string of the molecule is COCC[NH+](Cc1cccc(OC)c1)Cc1cccn1Cc1ccc(F)cc1. The fourth-order valence-electron chi connectivity index (χ4n) is 3.36. The van der Waals surface area contributed by atoms with Gasteiger partial charge in [0.15, 0.2) is 0 Å². The van der Waals surface area contributed by atoms with E-state index in [2.05, 4.69) is 35.0 Å². The summed E-state index contributed by atoms with van der Waals surface area (Å²) in [6.07, 6.45) is 2.08. The molecule has 1 aromatic heterocycles. The van der Waals surface area contributed by atoms with E-state index in [1.165, 1.54) is 28.3 Å². The maximum Gasteiger partial charge on any atom is 0.123 e. The number of nitrogens with zero attached hydrogens (tertiary/aromatic N) is 1. The van der Waals surface area contributed by atoms with E-state index in [9.17, 15) is 4.39 Å². The molecule has 1 unspecified atom stereocenters. The average molecular weight is 383 g/mol. The lowest BCUT2D eigenvalue weighted by atomic mass is 10.2. The molecule has 1 heterocycles. The van der Waals surface area contributed by atoms with Gasteiger partial charge in [-0.1, -0.05) is 24.3 Å². The number of aromatic nitrogens is 1. The summed E-state index contributed by atoms with van der Waals surface area (Å²) in [5, 5.41) is 0. The number of hydrogen-bond donors (Lipinski definition) is 1. The second kappa shape index (κ2) is 10.1. The molecule has 0 amide bonds. The number of hydrogen-bond acceptors (Lipinski definition) is 2. The zero-order valence-electron chi connectivity index (χ0n) is 16.5. The summed E-state index contributed by atoms with van der Waals surface area (Å²) in [6.45, 7) is 4.13. The second-order valence-corrected chi connectivity index (χ2v) is 6.95. The van der Waals surface area contributed by atoms with Crippen LogP contribution in [-0.2, 0) is 24.4 Å². The van der Waals surface area contributed by atoms with Crippen molar-refractivity contribution >= 4 is 0 Å². The van der Waals surface area contributed by atoms with Crippen LogP contribution in [0.2, 0.25) is 0 Å². The topological polar surface area (TPSA) is 27.8 Å². The number of halogens is 1. The van der Waals surface area contributed by atoms with Crippen LogP contribution < -0.4 is 9.64 Å². The second-order valence-electron chi connectivity index (χ2n) is 6.95. The minimum absolute atomic E-state index is 0.204. The number of methoxy groups -OCH3 is 2. The van der Waals surface area contributed by atoms with Crippen molar-refractivity contribution in [2.45, 2.75) is 19.6 Å². The fourth-order valence-corrected chi connectivity index (χ4v) is 3.36. The molecule has 2 aromatic carbocycles. The van der Waals surface area contributed by atoms with Gasteiger partial charge in [-0.05, 0) is 42.0 Å². The molecule has 28 heavy (non-hydrogen) atoms. The minimum Gasteiger partial charge on any atom is -0.497 e. The third-order valence-corrected chi connectivity index (χ3v) is 4.87. The molecule has 0 saturated carbocycles. The number of benzene rings is 2. The summed E-state index contributed by atoms with van der Waals surface area (Å²) in [6, 6.07) is 19.1. The van der Waals surface area contributed by atoms with E-state index in [1.807, 2.05) is 24.3 Å². The van der Waals surface area contributed by atoms with Gasteiger partial charge in [0, 0.05) is 25.4 Å². The summed E-state index contributed by atoms with van der Waals surface area (Å²) in [4.78, 5) is 1.41. The highest BCUT2D eigenvalue weighted by Crippen LogP contribution is 2.12. The Morgan fingerprint density at radius 3 is 2.50 bits per heavy atom. The molecule has 0 spiro atoms. The molecule has 1 N–H and O–H groups in total. The van der Waals surface area contributed by atoms with Crippen LogP contribution in [0.5, 0.6) is 5.75 Å². The molecule has 0 fully saturated rings. The van der Waals surface area contributed by atoms with Crippen molar-refractivity contribution in [2.24, 2.45) is 0 Å². The van der Waals surface area contributed by atoms with Gasteiger partial charge in [0.05, 0.1) is 19.4 Å². The monoisotopic (exact) mass is 383 g/mol. The third-order valence-electron chi connectivity index (χ3n) is 4.87. The Kier molecular flexibility index (Phi) is 7.23. The van der Waals surface area contributed by atoms with E-state index < -0.39 is 0 Å². The summed E-state index contributed by atoms with van der Waals surface area (Å²) < 4.78 is 26.1. The molecule has 3 rings (SSSR count). The summed E-state index contributed by atoms with van der Waals surface area (Å²) in [7, 11) is 3.43. The van der Waals surface area contributed by atoms with E-state index in [0.717, 1.165) is 37.5 Å². The molecule has 3 aromatic rings. The van der Waals surface area contributed by atoms with Gasteiger partial charge in [-0.2, -0.15) is 0 Å². The molecule has 4 nitrogen and oxygen atoms in total. The smallest absolute Gasteiger partial charge is 0.123 e. The molecular formula is C23H28FN2O2+. The van der Waals surface area contributed by atoms with E-state index >= 15 is 0 Å². The van der Waals surface area contributed by atoms with Crippen LogP contribution in [0.4, 0.5) is 4.39 Å². The Labute approximate surface area is 166 Å². The first-order valence-electron chi connectivity index (χ1n) is 9.52. The van der Waals surface area contributed by atoms with Crippen molar-refractivity contribution in [3.8, 4) is 5.75 Å². The van der Waals surface area contributed by atoms with E-state index in [1.54, 1.807) is 14.2 Å². The van der Waals surface area contributed by atoms with Crippen LogP contribution in [0.3, 0.4) is 0 Å². The Hall–Kier alpha value is -2.63. The fraction of sp³-hybridized carbons (Fsp3) is 0.304. The highest BCUT2D eigenvalue weighted by molar-refractivity contribution is 5.27. The largest absolute Gasteiger partial charge is 0.497 e. The van der Waals surface area contributed by atoms with Crippen molar-refractivity contribution < 1.29 is 18.8 Å². The Morgan fingerprint density at radius 2 is 1.75 bits per heavy atom. The molecule has 148 valence electrons. The third kappa shape index (κ3) is 5.68. The Balaban J connectivity index is 1.72. The Morgan fingerprint density at radius 1 is 0.929 bits per heavy atom. The highest BCUT2D eigenvalue weighted by Gasteiger charge is 2.14. The quantitative estimate of drug-likeness (QED) is 0.583. The van der Waals surface area contributed by atoms with Crippen LogP contribution in [0.25, 0.3) is 0 Å². The molecule has 0 aliphatic carbocycles. The van der Waals surface area contributed by atoms with Crippen molar-refractivity contribution in [3.05, 3.63) is 89.5 Å². The Bertz CT molecular complexity index is 861. The molecule has 5 heteroatoms. The lowest BCUT2D eigenvalue weighted by molar-refractivity contribution is -0.928. The predicted molar refractivity (Wildman–Crippen MR) is 108 cm³/mol. The van der Waals surface area contributed by atoms with Gasteiger partial charge in [-0.25, -0.2) is 4.39 Å². The minimum atomic E-state index is -0.204. The number of quaternary nitrogens is 1. The maximum atomic E-state index is 13.2. The van der Waals surface area contributed by atoms with Crippen LogP contribution in [0, 0.1) is 5.82 Å². The van der Waals surface area contributed by atoms with Crippen molar-refractivity contribution in [3.63, 3.8) is 0 Å². The van der Waals surface area contributed by atoms with Gasteiger partial charge in [0.25, 0.3) is 0 Å². The summed E-state index contributed by atoms with van der Waals surface area (Å²) in [5.41, 5.74) is 3.57. The lowest BCUT2D eigenvalue weighted by Gasteiger charge is -2.21. The molecule has 0 aliphatic heterocycles. The number of ether oxygens (including phenoxy) is 2. The zero-order chi connectivity index (χ0) is 19.8. The van der Waals surface area contributed by atoms with Gasteiger partial charge in [-0.3, -0.25) is 0 Å². The average Bonchev–Trinajstić information content (AvgIpc) is 3.14. The maximum absolute atomic E-state index is 13.2. The van der Waals surface area contributed by atoms with Gasteiger partial charge in [0.2, 0.25) is 0 Å². The van der Waals surface area contributed by atoms with Crippen LogP contribution in [-0.4, -0.2) is 31.9 Å². The standard InChI is InChI=1S/C23H27FN2O2/c1-27-14-13-25(16-20-5-3-7-23(15-20)28-2)18-22-6-4-12-26(22)17-19-8-10-21(24)11-9-19/h3-12,15H,13-14,16-18H2,1-2H3/p+1. The van der Waals surface area contributed by atoms with E-state index in [-0.39, 0.29) is 5.82 Å². The molecular weight excluding hydrogens is 355 g/mol. The van der Waals surface area contributed by atoms with Crippen molar-refractivity contribution in [1.82, 2.24) is 4.57 Å². The van der Waals surface area contributed by atoms with Gasteiger partial charge < -0.3 is 18.9 Å². The van der Waals surface area contributed by atoms with Crippen molar-refractivity contribution in [2.75, 3.05) is 27.4 Å². The van der Waals surface area contributed by atoms with Crippen LogP contribution in [0.1, 0.15) is 16.8 Å². The predicted octanol–water partition coefficient (Wildman–Crippen LogP) is 2.92. The first-order chi connectivity index (χ1) is 13.7. The van der Waals surface area contributed by atoms with Gasteiger partial charge >= 0.3 is 0 Å². The van der Waals surface area contributed by atoms with E-state index in [4.69, 9.17) is 9.47 Å². The van der Waals surface area contributed by atoms with Crippen LogP contribution in [0.15, 0.2) is 66.9 Å².